The van der Waals surface area contributed by atoms with Crippen LogP contribution in [0.25, 0.3) is 0 Å². The third kappa shape index (κ3) is 3.37. The van der Waals surface area contributed by atoms with Gasteiger partial charge >= 0.3 is 0 Å². The van der Waals surface area contributed by atoms with Gasteiger partial charge in [-0.3, -0.25) is 0 Å². The van der Waals surface area contributed by atoms with Crippen molar-refractivity contribution in [2.45, 2.75) is 12.0 Å². The summed E-state index contributed by atoms with van der Waals surface area (Å²) in [5.41, 5.74) is 1.63. The van der Waals surface area contributed by atoms with Gasteiger partial charge in [0, 0.05) is 12.5 Å². The van der Waals surface area contributed by atoms with E-state index in [4.69, 9.17) is 11.6 Å². The first-order valence-corrected chi connectivity index (χ1v) is 6.84. The van der Waals surface area contributed by atoms with Crippen LogP contribution in [0.3, 0.4) is 0 Å². The van der Waals surface area contributed by atoms with Crippen molar-refractivity contribution in [3.63, 3.8) is 0 Å². The summed E-state index contributed by atoms with van der Waals surface area (Å²) in [5, 5.41) is 13.7. The summed E-state index contributed by atoms with van der Waals surface area (Å²) in [6.45, 7) is 0.567. The largest absolute Gasteiger partial charge is 0.388 e. The normalized spacial score (nSPS) is 14.0. The molecule has 2 atom stereocenters. The molecule has 0 bridgehead atoms. The molecular weight excluding hydrogens is 277 g/mol. The number of aliphatic hydroxyl groups excluding tert-OH is 1. The highest BCUT2D eigenvalue weighted by Gasteiger charge is 2.22. The molecule has 0 saturated carbocycles. The second-order valence-electron chi connectivity index (χ2n) is 4.69. The van der Waals surface area contributed by atoms with Gasteiger partial charge in [-0.15, -0.1) is 0 Å². The lowest BCUT2D eigenvalue weighted by atomic mass is 9.89. The second kappa shape index (κ2) is 6.84. The SMILES string of the molecule is CNC[C@H](c1ccc(F)c(Cl)c1)[C@H](O)c1ccccc1. The molecule has 2 aromatic rings. The van der Waals surface area contributed by atoms with Crippen LogP contribution >= 0.6 is 11.6 Å². The summed E-state index contributed by atoms with van der Waals surface area (Å²) in [4.78, 5) is 0. The number of hydrogen-bond donors (Lipinski definition) is 2. The van der Waals surface area contributed by atoms with Crippen molar-refractivity contribution in [1.29, 1.82) is 0 Å². The van der Waals surface area contributed by atoms with Crippen LogP contribution in [0.4, 0.5) is 4.39 Å². The first-order valence-electron chi connectivity index (χ1n) is 6.46. The van der Waals surface area contributed by atoms with Crippen molar-refractivity contribution in [1.82, 2.24) is 5.32 Å². The topological polar surface area (TPSA) is 32.3 Å². The van der Waals surface area contributed by atoms with E-state index >= 15 is 0 Å². The van der Waals surface area contributed by atoms with Gasteiger partial charge in [0.15, 0.2) is 0 Å². The van der Waals surface area contributed by atoms with Crippen LogP contribution in [0.2, 0.25) is 5.02 Å². The fourth-order valence-electron chi connectivity index (χ4n) is 2.26. The predicted molar refractivity (Wildman–Crippen MR) is 79.5 cm³/mol. The molecule has 2 rings (SSSR count). The second-order valence-corrected chi connectivity index (χ2v) is 5.10. The average molecular weight is 294 g/mol. The molecule has 0 aliphatic heterocycles. The van der Waals surface area contributed by atoms with Gasteiger partial charge in [-0.1, -0.05) is 48.0 Å². The average Bonchev–Trinajstić information content (AvgIpc) is 2.48. The number of benzene rings is 2. The van der Waals surface area contributed by atoms with Crippen LogP contribution in [0.1, 0.15) is 23.1 Å². The molecule has 0 radical (unpaired) electrons. The zero-order chi connectivity index (χ0) is 14.5. The van der Waals surface area contributed by atoms with Crippen LogP contribution < -0.4 is 5.32 Å². The van der Waals surface area contributed by atoms with E-state index < -0.39 is 11.9 Å². The maximum atomic E-state index is 13.3. The Kier molecular flexibility index (Phi) is 5.12. The van der Waals surface area contributed by atoms with Gasteiger partial charge in [0.2, 0.25) is 0 Å². The summed E-state index contributed by atoms with van der Waals surface area (Å²) >= 11 is 5.83. The minimum Gasteiger partial charge on any atom is -0.388 e. The molecule has 2 nitrogen and oxygen atoms in total. The lowest BCUT2D eigenvalue weighted by Gasteiger charge is -2.24. The van der Waals surface area contributed by atoms with E-state index in [1.54, 1.807) is 12.1 Å². The van der Waals surface area contributed by atoms with E-state index in [2.05, 4.69) is 5.32 Å². The molecule has 0 heterocycles. The molecule has 0 fully saturated rings. The molecule has 0 aromatic heterocycles. The lowest BCUT2D eigenvalue weighted by Crippen LogP contribution is -2.23. The Labute approximate surface area is 123 Å². The number of rotatable bonds is 5. The number of hydrogen-bond acceptors (Lipinski definition) is 2. The molecule has 0 aliphatic rings. The standard InChI is InChI=1S/C16H17ClFNO/c1-19-10-13(12-7-8-15(18)14(17)9-12)16(20)11-5-3-2-4-6-11/h2-9,13,16,19-20H,10H2,1H3/t13-,16-/m1/s1. The van der Waals surface area contributed by atoms with Crippen molar-refractivity contribution in [3.8, 4) is 0 Å². The van der Waals surface area contributed by atoms with Crippen molar-refractivity contribution in [2.75, 3.05) is 13.6 Å². The Morgan fingerprint density at radius 1 is 1.15 bits per heavy atom. The number of nitrogens with one attached hydrogen (secondary N) is 1. The van der Waals surface area contributed by atoms with Crippen molar-refractivity contribution < 1.29 is 9.50 Å². The van der Waals surface area contributed by atoms with E-state index in [1.165, 1.54) is 6.07 Å². The highest BCUT2D eigenvalue weighted by Crippen LogP contribution is 2.32. The number of aliphatic hydroxyl groups is 1. The Balaban J connectivity index is 2.33. The van der Waals surface area contributed by atoms with Crippen LogP contribution in [-0.2, 0) is 0 Å². The Hall–Kier alpha value is -1.42. The molecule has 0 spiro atoms. The van der Waals surface area contributed by atoms with Gasteiger partial charge in [-0.2, -0.15) is 0 Å². The molecular formula is C16H17ClFNO. The monoisotopic (exact) mass is 293 g/mol. The molecule has 2 aromatic carbocycles. The zero-order valence-corrected chi connectivity index (χ0v) is 11.9. The van der Waals surface area contributed by atoms with Gasteiger partial charge in [0.05, 0.1) is 11.1 Å². The molecule has 106 valence electrons. The van der Waals surface area contributed by atoms with Crippen molar-refractivity contribution >= 4 is 11.6 Å². The molecule has 0 unspecified atom stereocenters. The minimum atomic E-state index is -0.676. The van der Waals surface area contributed by atoms with Gasteiger partial charge in [0.25, 0.3) is 0 Å². The molecule has 2 N–H and O–H groups in total. The molecule has 0 saturated heterocycles. The van der Waals surface area contributed by atoms with Crippen LogP contribution in [-0.4, -0.2) is 18.7 Å². The highest BCUT2D eigenvalue weighted by atomic mass is 35.5. The van der Waals surface area contributed by atoms with Crippen LogP contribution in [0, 0.1) is 5.82 Å². The molecule has 0 aliphatic carbocycles. The lowest BCUT2D eigenvalue weighted by molar-refractivity contribution is 0.144. The predicted octanol–water partition coefficient (Wildman–Crippen LogP) is 3.52. The number of halogens is 2. The summed E-state index contributed by atoms with van der Waals surface area (Å²) in [7, 11) is 1.82. The fourth-order valence-corrected chi connectivity index (χ4v) is 2.45. The summed E-state index contributed by atoms with van der Waals surface area (Å²) in [6.07, 6.45) is -0.676. The van der Waals surface area contributed by atoms with E-state index in [1.807, 2.05) is 37.4 Å². The van der Waals surface area contributed by atoms with Gasteiger partial charge < -0.3 is 10.4 Å². The molecule has 20 heavy (non-hydrogen) atoms. The third-order valence-electron chi connectivity index (χ3n) is 3.32. The zero-order valence-electron chi connectivity index (χ0n) is 11.2. The Morgan fingerprint density at radius 2 is 1.85 bits per heavy atom. The smallest absolute Gasteiger partial charge is 0.141 e. The third-order valence-corrected chi connectivity index (χ3v) is 3.61. The molecule has 4 heteroatoms. The van der Waals surface area contributed by atoms with Gasteiger partial charge in [0.1, 0.15) is 5.82 Å². The van der Waals surface area contributed by atoms with Gasteiger partial charge in [-0.25, -0.2) is 4.39 Å². The van der Waals surface area contributed by atoms with Gasteiger partial charge in [-0.05, 0) is 30.3 Å². The highest BCUT2D eigenvalue weighted by molar-refractivity contribution is 6.30. The van der Waals surface area contributed by atoms with Crippen molar-refractivity contribution in [3.05, 3.63) is 70.5 Å². The maximum absolute atomic E-state index is 13.3. The first kappa shape index (κ1) is 15.0. The summed E-state index contributed by atoms with van der Waals surface area (Å²) in [5.74, 6) is -0.645. The van der Waals surface area contributed by atoms with E-state index in [9.17, 15) is 9.50 Å². The van der Waals surface area contributed by atoms with E-state index in [-0.39, 0.29) is 10.9 Å². The van der Waals surface area contributed by atoms with Crippen molar-refractivity contribution in [2.24, 2.45) is 0 Å². The minimum absolute atomic E-state index is 0.0730. The van der Waals surface area contributed by atoms with E-state index in [0.29, 0.717) is 6.54 Å². The van der Waals surface area contributed by atoms with E-state index in [0.717, 1.165) is 11.1 Å². The molecule has 0 amide bonds. The fraction of sp³-hybridized carbons (Fsp3) is 0.250. The van der Waals surface area contributed by atoms with Crippen LogP contribution in [0.15, 0.2) is 48.5 Å². The quantitative estimate of drug-likeness (QED) is 0.884. The maximum Gasteiger partial charge on any atom is 0.141 e. The summed E-state index contributed by atoms with van der Waals surface area (Å²) in [6, 6.07) is 14.0. The first-order chi connectivity index (χ1) is 9.63. The number of likely N-dealkylation sites (N-methyl/N-ethyl adjacent to an activating group) is 1. The van der Waals surface area contributed by atoms with Crippen LogP contribution in [0.5, 0.6) is 0 Å². The Bertz CT molecular complexity index is 562. The Morgan fingerprint density at radius 3 is 2.45 bits per heavy atom. The summed E-state index contributed by atoms with van der Waals surface area (Å²) < 4.78 is 13.3.